The van der Waals surface area contributed by atoms with Gasteiger partial charge in [0, 0.05) is 16.6 Å². The maximum Gasteiger partial charge on any atom is 0.288 e. The predicted octanol–water partition coefficient (Wildman–Crippen LogP) is 3.40. The minimum atomic E-state index is -2.46. The summed E-state index contributed by atoms with van der Waals surface area (Å²) in [5.41, 5.74) is 1.74. The smallest absolute Gasteiger partial charge is 0.288 e. The number of rotatable bonds is 5. The summed E-state index contributed by atoms with van der Waals surface area (Å²) in [5, 5.41) is 13.0. The van der Waals surface area contributed by atoms with E-state index in [9.17, 15) is 13.6 Å². The first-order chi connectivity index (χ1) is 11.1. The molecule has 0 spiro atoms. The van der Waals surface area contributed by atoms with E-state index in [1.807, 2.05) is 0 Å². The number of carbonyl (C=O) groups excluding carboxylic acids is 1. The number of amides is 1. The first-order valence-electron chi connectivity index (χ1n) is 7.27. The number of carbonyl (C=O) groups is 1. The number of alkyl halides is 2. The summed E-state index contributed by atoms with van der Waals surface area (Å²) in [4.78, 5) is 12.6. The second kappa shape index (κ2) is 7.10. The third-order valence-corrected chi connectivity index (χ3v) is 4.33. The molecule has 2 heterocycles. The first kappa shape index (κ1) is 15.9. The second-order valence-corrected chi connectivity index (χ2v) is 6.28. The van der Waals surface area contributed by atoms with Crippen molar-refractivity contribution in [2.45, 2.75) is 29.5 Å². The van der Waals surface area contributed by atoms with Gasteiger partial charge >= 0.3 is 0 Å². The molecule has 2 aromatic rings. The lowest BCUT2D eigenvalue weighted by molar-refractivity contribution is 0.102. The van der Waals surface area contributed by atoms with E-state index < -0.39 is 5.76 Å². The quantitative estimate of drug-likeness (QED) is 0.731. The summed E-state index contributed by atoms with van der Waals surface area (Å²) >= 11 is 0.469. The third-order valence-electron chi connectivity index (χ3n) is 3.60. The highest BCUT2D eigenvalue weighted by Crippen LogP contribution is 2.26. The fourth-order valence-corrected chi connectivity index (χ4v) is 3.00. The number of aromatic amines is 1. The highest BCUT2D eigenvalue weighted by Gasteiger charge is 2.20. The summed E-state index contributed by atoms with van der Waals surface area (Å²) in [6.07, 6.45) is 2.13. The van der Waals surface area contributed by atoms with E-state index in [0.29, 0.717) is 28.0 Å². The average Bonchev–Trinajstić information content (AvgIpc) is 3.19. The van der Waals surface area contributed by atoms with Crippen molar-refractivity contribution in [3.05, 3.63) is 41.7 Å². The summed E-state index contributed by atoms with van der Waals surface area (Å²) in [5.74, 6) is -2.79. The van der Waals surface area contributed by atoms with Crippen LogP contribution in [0.25, 0.3) is 0 Å². The van der Waals surface area contributed by atoms with Crippen LogP contribution in [0, 0.1) is 0 Å². The van der Waals surface area contributed by atoms with Crippen molar-refractivity contribution in [2.75, 3.05) is 11.9 Å². The Morgan fingerprint density at radius 1 is 1.35 bits per heavy atom. The number of anilines is 1. The molecule has 1 unspecified atom stereocenters. The van der Waals surface area contributed by atoms with Crippen LogP contribution >= 0.6 is 11.8 Å². The topological polar surface area (TPSA) is 69.8 Å². The van der Waals surface area contributed by atoms with E-state index in [-0.39, 0.29) is 11.9 Å². The van der Waals surface area contributed by atoms with Crippen molar-refractivity contribution in [1.29, 1.82) is 0 Å². The van der Waals surface area contributed by atoms with Gasteiger partial charge in [0.1, 0.15) is 0 Å². The van der Waals surface area contributed by atoms with E-state index in [0.717, 1.165) is 25.1 Å². The lowest BCUT2D eigenvalue weighted by Gasteiger charge is -2.05. The second-order valence-electron chi connectivity index (χ2n) is 5.21. The third kappa shape index (κ3) is 4.08. The van der Waals surface area contributed by atoms with E-state index in [2.05, 4.69) is 20.8 Å². The van der Waals surface area contributed by atoms with Crippen molar-refractivity contribution in [3.63, 3.8) is 0 Å². The van der Waals surface area contributed by atoms with Crippen LogP contribution in [-0.2, 0) is 0 Å². The number of nitrogens with zero attached hydrogens (tertiary/aromatic N) is 1. The maximum atomic E-state index is 12.3. The first-order valence-corrected chi connectivity index (χ1v) is 8.15. The molecule has 1 aliphatic rings. The van der Waals surface area contributed by atoms with Gasteiger partial charge in [-0.1, -0.05) is 11.8 Å². The molecule has 1 aromatic carbocycles. The summed E-state index contributed by atoms with van der Waals surface area (Å²) in [7, 11) is 0. The number of aromatic nitrogens is 2. The molecule has 23 heavy (non-hydrogen) atoms. The number of hydrogen-bond acceptors (Lipinski definition) is 4. The number of hydrogen-bond donors (Lipinski definition) is 3. The molecule has 3 N–H and O–H groups in total. The number of nitrogens with one attached hydrogen (secondary N) is 3. The SMILES string of the molecule is O=C(Nc1ccc(SC(F)F)cc1)c1cc(C2CCCN2)[nH]n1. The van der Waals surface area contributed by atoms with Crippen molar-refractivity contribution in [1.82, 2.24) is 15.5 Å². The molecule has 3 rings (SSSR count). The van der Waals surface area contributed by atoms with Crippen LogP contribution < -0.4 is 10.6 Å². The number of halogens is 2. The van der Waals surface area contributed by atoms with Crippen LogP contribution in [-0.4, -0.2) is 28.4 Å². The predicted molar refractivity (Wildman–Crippen MR) is 84.8 cm³/mol. The van der Waals surface area contributed by atoms with Gasteiger partial charge in [-0.15, -0.1) is 0 Å². The molecule has 8 heteroatoms. The van der Waals surface area contributed by atoms with E-state index >= 15 is 0 Å². The minimum Gasteiger partial charge on any atom is -0.321 e. The standard InChI is InChI=1S/C15H16F2N4OS/c16-15(17)23-10-5-3-9(4-6-10)19-14(22)13-8-12(20-21-13)11-2-1-7-18-11/h3-6,8,11,15,18H,1-2,7H2,(H,19,22)(H,20,21). The van der Waals surface area contributed by atoms with Gasteiger partial charge in [0.25, 0.3) is 11.7 Å². The summed E-state index contributed by atoms with van der Waals surface area (Å²) < 4.78 is 24.5. The Morgan fingerprint density at radius 2 is 2.13 bits per heavy atom. The van der Waals surface area contributed by atoms with Gasteiger partial charge in [0.2, 0.25) is 0 Å². The van der Waals surface area contributed by atoms with Crippen molar-refractivity contribution >= 4 is 23.4 Å². The van der Waals surface area contributed by atoms with Crippen molar-refractivity contribution < 1.29 is 13.6 Å². The molecule has 1 amide bonds. The van der Waals surface area contributed by atoms with E-state index in [1.54, 1.807) is 30.3 Å². The molecular formula is C15H16F2N4OS. The Balaban J connectivity index is 1.62. The molecular weight excluding hydrogens is 322 g/mol. The highest BCUT2D eigenvalue weighted by atomic mass is 32.2. The molecule has 1 aromatic heterocycles. The summed E-state index contributed by atoms with van der Waals surface area (Å²) in [6.45, 7) is 0.966. The van der Waals surface area contributed by atoms with Gasteiger partial charge in [-0.25, -0.2) is 0 Å². The van der Waals surface area contributed by atoms with Gasteiger partial charge in [-0.2, -0.15) is 13.9 Å². The molecule has 0 aliphatic carbocycles. The van der Waals surface area contributed by atoms with Crippen LogP contribution in [0.1, 0.15) is 35.1 Å². The monoisotopic (exact) mass is 338 g/mol. The van der Waals surface area contributed by atoms with Gasteiger partial charge in [-0.3, -0.25) is 9.89 Å². The Kier molecular flexibility index (Phi) is 4.92. The zero-order chi connectivity index (χ0) is 16.2. The molecule has 0 saturated carbocycles. The lowest BCUT2D eigenvalue weighted by Crippen LogP contribution is -2.13. The molecule has 0 bridgehead atoms. The van der Waals surface area contributed by atoms with Gasteiger partial charge in [-0.05, 0) is 49.7 Å². The van der Waals surface area contributed by atoms with Crippen molar-refractivity contribution in [3.8, 4) is 0 Å². The Hall–Kier alpha value is -1.93. The number of H-pyrrole nitrogens is 1. The number of thioether (sulfide) groups is 1. The van der Waals surface area contributed by atoms with Crippen molar-refractivity contribution in [2.24, 2.45) is 0 Å². The molecule has 1 fully saturated rings. The molecule has 1 atom stereocenters. The van der Waals surface area contributed by atoms with Crippen LogP contribution in [0.2, 0.25) is 0 Å². The van der Waals surface area contributed by atoms with E-state index in [1.165, 1.54) is 0 Å². The zero-order valence-corrected chi connectivity index (χ0v) is 13.0. The van der Waals surface area contributed by atoms with Crippen LogP contribution in [0.3, 0.4) is 0 Å². The van der Waals surface area contributed by atoms with Gasteiger partial charge in [0.05, 0.1) is 5.69 Å². The fourth-order valence-electron chi connectivity index (χ4n) is 2.50. The summed E-state index contributed by atoms with van der Waals surface area (Å²) in [6, 6.07) is 8.23. The normalized spacial score (nSPS) is 17.6. The Morgan fingerprint density at radius 3 is 2.78 bits per heavy atom. The zero-order valence-electron chi connectivity index (χ0n) is 12.2. The average molecular weight is 338 g/mol. The fraction of sp³-hybridized carbons (Fsp3) is 0.333. The van der Waals surface area contributed by atoms with Gasteiger partial charge < -0.3 is 10.6 Å². The van der Waals surface area contributed by atoms with Crippen LogP contribution in [0.15, 0.2) is 35.2 Å². The maximum absolute atomic E-state index is 12.3. The Bertz CT molecular complexity index is 668. The number of benzene rings is 1. The van der Waals surface area contributed by atoms with Gasteiger partial charge in [0.15, 0.2) is 5.69 Å². The van der Waals surface area contributed by atoms with Crippen LogP contribution in [0.5, 0.6) is 0 Å². The molecule has 0 radical (unpaired) electrons. The van der Waals surface area contributed by atoms with Crippen LogP contribution in [0.4, 0.5) is 14.5 Å². The largest absolute Gasteiger partial charge is 0.321 e. The Labute approximate surface area is 136 Å². The molecule has 122 valence electrons. The highest BCUT2D eigenvalue weighted by molar-refractivity contribution is 7.99. The molecule has 1 saturated heterocycles. The lowest BCUT2D eigenvalue weighted by atomic mass is 10.1. The minimum absolute atomic E-state index is 0.217. The molecule has 5 nitrogen and oxygen atoms in total. The molecule has 1 aliphatic heterocycles. The van der Waals surface area contributed by atoms with E-state index in [4.69, 9.17) is 0 Å².